The molecular weight excluding hydrogens is 370 g/mol. The number of anilines is 1. The van der Waals surface area contributed by atoms with Crippen molar-refractivity contribution in [3.8, 4) is 17.4 Å². The number of rotatable bonds is 9. The van der Waals surface area contributed by atoms with Gasteiger partial charge in [-0.15, -0.1) is 0 Å². The molecule has 1 aromatic carbocycles. The third kappa shape index (κ3) is 5.38. The molecule has 1 amide bonds. The van der Waals surface area contributed by atoms with Crippen LogP contribution in [0.15, 0.2) is 18.2 Å². The van der Waals surface area contributed by atoms with E-state index in [0.29, 0.717) is 23.6 Å². The SMILES string of the molecule is CCC(COC)Nc1cc(C)nc(Oc2c(C)cc(OC)cc2C)c1C(=O)NC. The van der Waals surface area contributed by atoms with Crippen LogP contribution in [-0.2, 0) is 4.74 Å². The van der Waals surface area contributed by atoms with Crippen molar-refractivity contribution in [1.82, 2.24) is 10.3 Å². The van der Waals surface area contributed by atoms with Gasteiger partial charge in [0.2, 0.25) is 5.88 Å². The second-order valence-corrected chi connectivity index (χ2v) is 6.97. The number of aryl methyl sites for hydroxylation is 3. The molecule has 1 heterocycles. The molecule has 7 nitrogen and oxygen atoms in total. The molecule has 2 rings (SSSR count). The van der Waals surface area contributed by atoms with Crippen molar-refractivity contribution in [2.24, 2.45) is 0 Å². The zero-order chi connectivity index (χ0) is 21.6. The van der Waals surface area contributed by atoms with Crippen LogP contribution in [0.5, 0.6) is 17.4 Å². The van der Waals surface area contributed by atoms with Crippen LogP contribution in [0.25, 0.3) is 0 Å². The smallest absolute Gasteiger partial charge is 0.258 e. The van der Waals surface area contributed by atoms with Crippen LogP contribution < -0.4 is 20.1 Å². The number of amides is 1. The minimum absolute atomic E-state index is 0.0579. The monoisotopic (exact) mass is 401 g/mol. The van der Waals surface area contributed by atoms with Crippen LogP contribution in [-0.4, -0.2) is 44.8 Å². The summed E-state index contributed by atoms with van der Waals surface area (Å²) in [4.78, 5) is 17.2. The molecule has 2 N–H and O–H groups in total. The van der Waals surface area contributed by atoms with Gasteiger partial charge in [-0.25, -0.2) is 4.98 Å². The Balaban J connectivity index is 2.55. The highest BCUT2D eigenvalue weighted by Crippen LogP contribution is 2.35. The average molecular weight is 402 g/mol. The van der Waals surface area contributed by atoms with E-state index in [1.807, 2.05) is 39.0 Å². The fourth-order valence-corrected chi connectivity index (χ4v) is 3.15. The summed E-state index contributed by atoms with van der Waals surface area (Å²) >= 11 is 0. The van der Waals surface area contributed by atoms with Gasteiger partial charge in [0, 0.05) is 25.9 Å². The summed E-state index contributed by atoms with van der Waals surface area (Å²) in [6, 6.07) is 5.69. The van der Waals surface area contributed by atoms with Gasteiger partial charge in [-0.3, -0.25) is 4.79 Å². The third-order valence-corrected chi connectivity index (χ3v) is 4.66. The molecule has 0 radical (unpaired) electrons. The van der Waals surface area contributed by atoms with Crippen LogP contribution in [0.4, 0.5) is 5.69 Å². The van der Waals surface area contributed by atoms with Crippen LogP contribution in [0.1, 0.15) is 40.5 Å². The molecule has 0 saturated heterocycles. The molecule has 1 atom stereocenters. The van der Waals surface area contributed by atoms with Gasteiger partial charge in [0.25, 0.3) is 5.91 Å². The lowest BCUT2D eigenvalue weighted by Crippen LogP contribution is -2.27. The van der Waals surface area contributed by atoms with Crippen molar-refractivity contribution in [2.75, 3.05) is 33.2 Å². The molecule has 2 aromatic rings. The fourth-order valence-electron chi connectivity index (χ4n) is 3.15. The van der Waals surface area contributed by atoms with Gasteiger partial charge in [-0.1, -0.05) is 6.92 Å². The molecule has 7 heteroatoms. The molecule has 0 saturated carbocycles. The third-order valence-electron chi connectivity index (χ3n) is 4.66. The summed E-state index contributed by atoms with van der Waals surface area (Å²) in [6.07, 6.45) is 0.843. The number of pyridine rings is 1. The molecule has 158 valence electrons. The number of hydrogen-bond acceptors (Lipinski definition) is 6. The predicted octanol–water partition coefficient (Wildman–Crippen LogP) is 4.00. The summed E-state index contributed by atoms with van der Waals surface area (Å²) in [6.45, 7) is 8.33. The Bertz CT molecular complexity index is 844. The van der Waals surface area contributed by atoms with E-state index in [4.69, 9.17) is 14.2 Å². The Morgan fingerprint density at radius 1 is 1.14 bits per heavy atom. The predicted molar refractivity (Wildman–Crippen MR) is 114 cm³/mol. The van der Waals surface area contributed by atoms with E-state index in [0.717, 1.165) is 29.0 Å². The molecule has 0 aliphatic heterocycles. The lowest BCUT2D eigenvalue weighted by Gasteiger charge is -2.22. The number of benzene rings is 1. The summed E-state index contributed by atoms with van der Waals surface area (Å²) in [5, 5.41) is 6.09. The van der Waals surface area contributed by atoms with E-state index < -0.39 is 0 Å². The van der Waals surface area contributed by atoms with Gasteiger partial charge in [-0.05, 0) is 56.5 Å². The first-order chi connectivity index (χ1) is 13.8. The molecule has 0 aliphatic carbocycles. The summed E-state index contributed by atoms with van der Waals surface area (Å²) < 4.78 is 16.8. The lowest BCUT2D eigenvalue weighted by atomic mass is 10.1. The van der Waals surface area contributed by atoms with Crippen LogP contribution in [0.3, 0.4) is 0 Å². The van der Waals surface area contributed by atoms with Gasteiger partial charge in [0.1, 0.15) is 17.1 Å². The zero-order valence-electron chi connectivity index (χ0n) is 18.3. The van der Waals surface area contributed by atoms with Crippen molar-refractivity contribution in [2.45, 2.75) is 40.2 Å². The fraction of sp³-hybridized carbons (Fsp3) is 0.455. The van der Waals surface area contributed by atoms with E-state index in [-0.39, 0.29) is 17.8 Å². The normalized spacial score (nSPS) is 11.7. The van der Waals surface area contributed by atoms with Crippen LogP contribution in [0.2, 0.25) is 0 Å². The summed E-state index contributed by atoms with van der Waals surface area (Å²) in [7, 11) is 4.88. The maximum absolute atomic E-state index is 12.7. The van der Waals surface area contributed by atoms with Crippen molar-refractivity contribution < 1.29 is 19.0 Å². The summed E-state index contributed by atoms with van der Waals surface area (Å²) in [5.74, 6) is 1.40. The number of aromatic nitrogens is 1. The number of hydrogen-bond donors (Lipinski definition) is 2. The Kier molecular flexibility index (Phi) is 7.84. The Labute approximate surface area is 172 Å². The van der Waals surface area contributed by atoms with Crippen molar-refractivity contribution in [3.63, 3.8) is 0 Å². The lowest BCUT2D eigenvalue weighted by molar-refractivity contribution is 0.0960. The standard InChI is InChI=1S/C22H31N3O4/c1-8-16(12-27-6)25-18-11-15(4)24-22(19(18)21(26)23-5)29-20-13(2)9-17(28-7)10-14(20)3/h9-11,16H,8,12H2,1-7H3,(H,23,26)(H,24,25). The van der Waals surface area contributed by atoms with E-state index in [1.54, 1.807) is 21.3 Å². The molecule has 0 fully saturated rings. The highest BCUT2D eigenvalue weighted by atomic mass is 16.5. The second-order valence-electron chi connectivity index (χ2n) is 6.97. The highest BCUT2D eigenvalue weighted by Gasteiger charge is 2.23. The zero-order valence-corrected chi connectivity index (χ0v) is 18.3. The quantitative estimate of drug-likeness (QED) is 0.661. The number of nitrogens with zero attached hydrogens (tertiary/aromatic N) is 1. The van der Waals surface area contributed by atoms with Gasteiger partial charge >= 0.3 is 0 Å². The largest absolute Gasteiger partial charge is 0.497 e. The average Bonchev–Trinajstić information content (AvgIpc) is 2.69. The maximum atomic E-state index is 12.7. The van der Waals surface area contributed by atoms with Crippen molar-refractivity contribution >= 4 is 11.6 Å². The van der Waals surface area contributed by atoms with Crippen molar-refractivity contribution in [3.05, 3.63) is 40.6 Å². The minimum atomic E-state index is -0.272. The van der Waals surface area contributed by atoms with Gasteiger partial charge in [0.05, 0.1) is 19.4 Å². The number of nitrogens with one attached hydrogen (secondary N) is 2. The number of ether oxygens (including phenoxy) is 3. The van der Waals surface area contributed by atoms with Gasteiger partial charge in [-0.2, -0.15) is 0 Å². The second kappa shape index (κ2) is 10.1. The number of carbonyl (C=O) groups is 1. The van der Waals surface area contributed by atoms with E-state index >= 15 is 0 Å². The topological polar surface area (TPSA) is 81.7 Å². The first-order valence-electron chi connectivity index (χ1n) is 9.66. The Morgan fingerprint density at radius 3 is 2.31 bits per heavy atom. The van der Waals surface area contributed by atoms with Crippen molar-refractivity contribution in [1.29, 1.82) is 0 Å². The highest BCUT2D eigenvalue weighted by molar-refractivity contribution is 6.01. The molecule has 0 spiro atoms. The van der Waals surface area contributed by atoms with E-state index in [2.05, 4.69) is 22.5 Å². The number of carbonyl (C=O) groups excluding carboxylic acids is 1. The van der Waals surface area contributed by atoms with Gasteiger partial charge in [0.15, 0.2) is 0 Å². The number of methoxy groups -OCH3 is 2. The van der Waals surface area contributed by atoms with Crippen LogP contribution >= 0.6 is 0 Å². The molecule has 1 aromatic heterocycles. The molecular formula is C22H31N3O4. The van der Waals surface area contributed by atoms with Crippen LogP contribution in [0, 0.1) is 20.8 Å². The molecule has 29 heavy (non-hydrogen) atoms. The molecule has 0 aliphatic rings. The Hall–Kier alpha value is -2.80. The maximum Gasteiger partial charge on any atom is 0.258 e. The molecule has 0 bridgehead atoms. The summed E-state index contributed by atoms with van der Waals surface area (Å²) in [5.41, 5.74) is 3.56. The first kappa shape index (κ1) is 22.5. The molecule has 1 unspecified atom stereocenters. The van der Waals surface area contributed by atoms with Gasteiger partial charge < -0.3 is 24.8 Å². The van der Waals surface area contributed by atoms with E-state index in [1.165, 1.54) is 0 Å². The van der Waals surface area contributed by atoms with E-state index in [9.17, 15) is 4.79 Å². The Morgan fingerprint density at radius 2 is 1.79 bits per heavy atom. The first-order valence-corrected chi connectivity index (χ1v) is 9.66. The minimum Gasteiger partial charge on any atom is -0.497 e.